The molecule has 0 aliphatic carbocycles. The van der Waals surface area contributed by atoms with Crippen LogP contribution in [0.3, 0.4) is 0 Å². The van der Waals surface area contributed by atoms with Crippen LogP contribution in [0.25, 0.3) is 22.3 Å². The summed E-state index contributed by atoms with van der Waals surface area (Å²) in [4.78, 5) is 18.1. The Morgan fingerprint density at radius 3 is 3.00 bits per heavy atom. The van der Waals surface area contributed by atoms with Gasteiger partial charge >= 0.3 is 0 Å². The summed E-state index contributed by atoms with van der Waals surface area (Å²) in [5, 5.41) is 10.6. The second-order valence-corrected chi connectivity index (χ2v) is 5.52. The first-order chi connectivity index (χ1) is 11.3. The van der Waals surface area contributed by atoms with Crippen molar-refractivity contribution >= 4 is 22.7 Å². The summed E-state index contributed by atoms with van der Waals surface area (Å²) in [7, 11) is 0. The van der Waals surface area contributed by atoms with Crippen LogP contribution in [-0.2, 0) is 0 Å². The minimum absolute atomic E-state index is 0.0267. The van der Waals surface area contributed by atoms with Gasteiger partial charge < -0.3 is 20.7 Å². The number of fused-ring (bicyclic) bond motifs is 1. The highest BCUT2D eigenvalue weighted by Crippen LogP contribution is 2.36. The maximum absolute atomic E-state index is 9.61. The van der Waals surface area contributed by atoms with E-state index in [9.17, 15) is 5.11 Å². The molecule has 1 fully saturated rings. The van der Waals surface area contributed by atoms with Crippen molar-refractivity contribution in [1.29, 1.82) is 0 Å². The van der Waals surface area contributed by atoms with Crippen molar-refractivity contribution < 1.29 is 5.11 Å². The maximum Gasteiger partial charge on any atom is 0.220 e. The summed E-state index contributed by atoms with van der Waals surface area (Å²) in [6, 6.07) is 3.83. The lowest BCUT2D eigenvalue weighted by molar-refractivity contribution is 0.279. The van der Waals surface area contributed by atoms with Crippen molar-refractivity contribution in [3.63, 3.8) is 0 Å². The molecule has 1 saturated heterocycles. The summed E-state index contributed by atoms with van der Waals surface area (Å²) in [5.41, 5.74) is 9.23. The molecular weight excluding hydrogens is 292 g/mol. The minimum atomic E-state index is 0.0267. The number of aromatic amines is 1. The van der Waals surface area contributed by atoms with Crippen molar-refractivity contribution in [2.45, 2.75) is 12.5 Å². The normalized spacial score (nSPS) is 18.0. The number of anilines is 2. The molecule has 0 spiro atoms. The van der Waals surface area contributed by atoms with Crippen LogP contribution in [0.15, 0.2) is 30.7 Å². The molecule has 0 amide bonds. The van der Waals surface area contributed by atoms with Gasteiger partial charge in [0.15, 0.2) is 0 Å². The first-order valence-corrected chi connectivity index (χ1v) is 7.53. The lowest BCUT2D eigenvalue weighted by Crippen LogP contribution is -2.32. The van der Waals surface area contributed by atoms with Crippen LogP contribution in [0.2, 0.25) is 0 Å². The van der Waals surface area contributed by atoms with Gasteiger partial charge in [0, 0.05) is 30.7 Å². The predicted octanol–water partition coefficient (Wildman–Crippen LogP) is 1.38. The van der Waals surface area contributed by atoms with Crippen molar-refractivity contribution in [2.75, 3.05) is 23.8 Å². The summed E-state index contributed by atoms with van der Waals surface area (Å²) in [5.74, 6) is 0.241. The zero-order valence-corrected chi connectivity index (χ0v) is 12.5. The van der Waals surface area contributed by atoms with E-state index >= 15 is 0 Å². The number of hydrogen-bond acceptors (Lipinski definition) is 6. The van der Waals surface area contributed by atoms with E-state index in [0.717, 1.165) is 40.9 Å². The maximum atomic E-state index is 9.61. The molecule has 3 aromatic rings. The van der Waals surface area contributed by atoms with Gasteiger partial charge in [-0.3, -0.25) is 0 Å². The standard InChI is InChI=1S/C16H17N6O/c17-16-19-5-3-12(21-16)11-8-20-15-14(11)13(4-6-18-15)22-7-1-2-10(22)9-23/h2-6,8,10,23H,1,7,9H2,(H,18,20)(H2,17,19,21). The zero-order chi connectivity index (χ0) is 15.8. The van der Waals surface area contributed by atoms with Crippen LogP contribution >= 0.6 is 0 Å². The molecule has 0 aromatic carbocycles. The monoisotopic (exact) mass is 309 g/mol. The molecule has 3 aromatic heterocycles. The van der Waals surface area contributed by atoms with E-state index in [1.165, 1.54) is 0 Å². The number of nitrogens with two attached hydrogens (primary N) is 1. The molecule has 0 saturated carbocycles. The summed E-state index contributed by atoms with van der Waals surface area (Å²) in [6.07, 6.45) is 8.40. The molecule has 4 N–H and O–H groups in total. The van der Waals surface area contributed by atoms with Gasteiger partial charge in [-0.2, -0.15) is 0 Å². The molecule has 7 nitrogen and oxygen atoms in total. The highest BCUT2D eigenvalue weighted by Gasteiger charge is 2.27. The SMILES string of the molecule is Nc1nccc(-c2c[nH]c3nccc(N4CC[CH]C4CO)c23)n1. The number of nitrogens with one attached hydrogen (secondary N) is 1. The quantitative estimate of drug-likeness (QED) is 0.675. The second kappa shape index (κ2) is 5.51. The Kier molecular flexibility index (Phi) is 3.34. The third-order valence-corrected chi connectivity index (χ3v) is 4.21. The van der Waals surface area contributed by atoms with E-state index in [2.05, 4.69) is 31.3 Å². The Labute approximate surface area is 133 Å². The summed E-state index contributed by atoms with van der Waals surface area (Å²) in [6.45, 7) is 0.977. The van der Waals surface area contributed by atoms with Gasteiger partial charge in [-0.25, -0.2) is 15.0 Å². The lowest BCUT2D eigenvalue weighted by Gasteiger charge is -2.26. The van der Waals surface area contributed by atoms with Gasteiger partial charge in [-0.1, -0.05) is 0 Å². The van der Waals surface area contributed by atoms with Gasteiger partial charge in [-0.15, -0.1) is 0 Å². The first kappa shape index (κ1) is 14.0. The molecule has 7 heteroatoms. The number of pyridine rings is 1. The minimum Gasteiger partial charge on any atom is -0.394 e. The van der Waals surface area contributed by atoms with Gasteiger partial charge in [0.25, 0.3) is 0 Å². The molecule has 117 valence electrons. The predicted molar refractivity (Wildman–Crippen MR) is 88.7 cm³/mol. The van der Waals surface area contributed by atoms with E-state index in [-0.39, 0.29) is 18.6 Å². The average Bonchev–Trinajstić information content (AvgIpc) is 3.21. The fourth-order valence-corrected chi connectivity index (χ4v) is 3.18. The molecule has 1 aliphatic rings. The molecule has 1 unspecified atom stereocenters. The first-order valence-electron chi connectivity index (χ1n) is 7.53. The number of rotatable bonds is 3. The number of H-pyrrole nitrogens is 1. The Morgan fingerprint density at radius 2 is 2.17 bits per heavy atom. The smallest absolute Gasteiger partial charge is 0.220 e. The van der Waals surface area contributed by atoms with Crippen LogP contribution < -0.4 is 10.6 Å². The van der Waals surface area contributed by atoms with Gasteiger partial charge in [-0.05, 0) is 25.0 Å². The number of nitrogens with zero attached hydrogens (tertiary/aromatic N) is 4. The van der Waals surface area contributed by atoms with E-state index < -0.39 is 0 Å². The fraction of sp³-hybridized carbons (Fsp3) is 0.250. The Balaban J connectivity index is 1.91. The van der Waals surface area contributed by atoms with Gasteiger partial charge in [0.2, 0.25) is 5.95 Å². The number of hydrogen-bond donors (Lipinski definition) is 3. The summed E-state index contributed by atoms with van der Waals surface area (Å²) >= 11 is 0. The Bertz CT molecular complexity index is 845. The molecule has 4 heterocycles. The van der Waals surface area contributed by atoms with Crippen molar-refractivity contribution in [2.24, 2.45) is 0 Å². The number of aromatic nitrogens is 4. The third kappa shape index (κ3) is 2.29. The summed E-state index contributed by atoms with van der Waals surface area (Å²) < 4.78 is 0. The third-order valence-electron chi connectivity index (χ3n) is 4.21. The topological polar surface area (TPSA) is 104 Å². The van der Waals surface area contributed by atoms with Crippen molar-refractivity contribution in [3.8, 4) is 11.3 Å². The highest BCUT2D eigenvalue weighted by molar-refractivity contribution is 6.02. The molecule has 23 heavy (non-hydrogen) atoms. The van der Waals surface area contributed by atoms with Crippen LogP contribution in [0, 0.1) is 6.42 Å². The van der Waals surface area contributed by atoms with Gasteiger partial charge in [0.1, 0.15) is 5.65 Å². The van der Waals surface area contributed by atoms with E-state index in [4.69, 9.17) is 5.73 Å². The average molecular weight is 309 g/mol. The van der Waals surface area contributed by atoms with Crippen LogP contribution in [0.5, 0.6) is 0 Å². The highest BCUT2D eigenvalue weighted by atomic mass is 16.3. The number of aliphatic hydroxyl groups excluding tert-OH is 1. The molecule has 1 atom stereocenters. The number of aliphatic hydroxyl groups is 1. The van der Waals surface area contributed by atoms with Crippen LogP contribution in [0.1, 0.15) is 6.42 Å². The Hall–Kier alpha value is -2.67. The van der Waals surface area contributed by atoms with Crippen molar-refractivity contribution in [3.05, 3.63) is 37.1 Å². The van der Waals surface area contributed by atoms with Crippen LogP contribution in [-0.4, -0.2) is 44.2 Å². The molecule has 0 bridgehead atoms. The molecule has 4 rings (SSSR count). The van der Waals surface area contributed by atoms with Crippen molar-refractivity contribution in [1.82, 2.24) is 19.9 Å². The zero-order valence-electron chi connectivity index (χ0n) is 12.5. The molecule has 1 radical (unpaired) electrons. The molecular formula is C16H17N6O. The second-order valence-electron chi connectivity index (χ2n) is 5.52. The van der Waals surface area contributed by atoms with E-state index in [1.807, 2.05) is 18.3 Å². The van der Waals surface area contributed by atoms with Gasteiger partial charge in [0.05, 0.1) is 29.4 Å². The van der Waals surface area contributed by atoms with E-state index in [1.54, 1.807) is 12.4 Å². The van der Waals surface area contributed by atoms with E-state index in [0.29, 0.717) is 0 Å². The Morgan fingerprint density at radius 1 is 1.30 bits per heavy atom. The fourth-order valence-electron chi connectivity index (χ4n) is 3.18. The largest absolute Gasteiger partial charge is 0.394 e. The number of nitrogen functional groups attached to an aromatic ring is 1. The van der Waals surface area contributed by atoms with Crippen LogP contribution in [0.4, 0.5) is 11.6 Å². The molecule has 1 aliphatic heterocycles. The lowest BCUT2D eigenvalue weighted by atomic mass is 10.1.